The minimum Gasteiger partial charge on any atom is -0.350 e. The first-order chi connectivity index (χ1) is 9.08. The Morgan fingerprint density at radius 3 is 2.58 bits per heavy atom. The second-order valence-electron chi connectivity index (χ2n) is 4.37. The first-order valence-electron chi connectivity index (χ1n) is 6.08. The third-order valence-electron chi connectivity index (χ3n) is 3.00. The van der Waals surface area contributed by atoms with E-state index in [-0.39, 0.29) is 5.91 Å². The van der Waals surface area contributed by atoms with E-state index < -0.39 is 6.03 Å². The highest BCUT2D eigenvalue weighted by Crippen LogP contribution is 2.21. The van der Waals surface area contributed by atoms with Crippen LogP contribution in [0.25, 0.3) is 0 Å². The summed E-state index contributed by atoms with van der Waals surface area (Å²) < 4.78 is 0. The standard InChI is InChI=1S/C13H16N4O2/c1-9(15-16-13(14)19)10-4-6-11(7-5-10)17-8-2-3-12(17)18/h4-7H,2-3,8H2,1H3,(H3,14,16,19)/b15-9-. The first-order valence-corrected chi connectivity index (χ1v) is 6.08. The quantitative estimate of drug-likeness (QED) is 0.632. The molecule has 0 aliphatic carbocycles. The largest absolute Gasteiger partial charge is 0.350 e. The number of hydrazone groups is 1. The number of amides is 3. The molecular formula is C13H16N4O2. The Hall–Kier alpha value is -2.37. The van der Waals surface area contributed by atoms with Crippen LogP contribution in [0.3, 0.4) is 0 Å². The predicted molar refractivity (Wildman–Crippen MR) is 73.0 cm³/mol. The fourth-order valence-corrected chi connectivity index (χ4v) is 2.01. The lowest BCUT2D eigenvalue weighted by Crippen LogP contribution is -2.25. The molecule has 1 saturated heterocycles. The van der Waals surface area contributed by atoms with Gasteiger partial charge in [-0.1, -0.05) is 12.1 Å². The fourth-order valence-electron chi connectivity index (χ4n) is 2.01. The predicted octanol–water partition coefficient (Wildman–Crippen LogP) is 1.21. The van der Waals surface area contributed by atoms with Crippen LogP contribution in [0.1, 0.15) is 25.3 Å². The number of primary amides is 1. The van der Waals surface area contributed by atoms with Crippen molar-refractivity contribution in [3.8, 4) is 0 Å². The molecule has 6 heteroatoms. The Morgan fingerprint density at radius 1 is 1.37 bits per heavy atom. The van der Waals surface area contributed by atoms with Crippen molar-refractivity contribution in [1.82, 2.24) is 5.43 Å². The highest BCUT2D eigenvalue weighted by atomic mass is 16.2. The second-order valence-corrected chi connectivity index (χ2v) is 4.37. The Morgan fingerprint density at radius 2 is 2.05 bits per heavy atom. The van der Waals surface area contributed by atoms with Crippen molar-refractivity contribution >= 4 is 23.3 Å². The monoisotopic (exact) mass is 260 g/mol. The summed E-state index contributed by atoms with van der Waals surface area (Å²) in [5, 5.41) is 3.85. The minimum absolute atomic E-state index is 0.161. The van der Waals surface area contributed by atoms with Gasteiger partial charge in [0, 0.05) is 18.7 Å². The van der Waals surface area contributed by atoms with Gasteiger partial charge >= 0.3 is 6.03 Å². The number of carbonyl (C=O) groups is 2. The van der Waals surface area contributed by atoms with Crippen LogP contribution in [0, 0.1) is 0 Å². The summed E-state index contributed by atoms with van der Waals surface area (Å²) in [4.78, 5) is 23.9. The van der Waals surface area contributed by atoms with Crippen LogP contribution in [0.2, 0.25) is 0 Å². The van der Waals surface area contributed by atoms with Gasteiger partial charge in [0.05, 0.1) is 5.71 Å². The van der Waals surface area contributed by atoms with Crippen LogP contribution in [-0.4, -0.2) is 24.2 Å². The summed E-state index contributed by atoms with van der Waals surface area (Å²) in [6.07, 6.45) is 1.52. The van der Waals surface area contributed by atoms with Crippen LogP contribution in [0.4, 0.5) is 10.5 Å². The first kappa shape index (κ1) is 13.1. The van der Waals surface area contributed by atoms with Gasteiger partial charge in [-0.05, 0) is 31.0 Å². The van der Waals surface area contributed by atoms with Gasteiger partial charge in [0.1, 0.15) is 0 Å². The van der Waals surface area contributed by atoms with E-state index in [4.69, 9.17) is 5.73 Å². The van der Waals surface area contributed by atoms with Gasteiger partial charge in [0.15, 0.2) is 0 Å². The van der Waals surface area contributed by atoms with E-state index in [1.54, 1.807) is 11.8 Å². The number of carbonyl (C=O) groups excluding carboxylic acids is 2. The highest BCUT2D eigenvalue weighted by molar-refractivity contribution is 6.00. The molecule has 3 N–H and O–H groups in total. The van der Waals surface area contributed by atoms with Crippen molar-refractivity contribution in [3.63, 3.8) is 0 Å². The lowest BCUT2D eigenvalue weighted by Gasteiger charge is -2.15. The molecule has 0 bridgehead atoms. The van der Waals surface area contributed by atoms with E-state index in [2.05, 4.69) is 10.5 Å². The lowest BCUT2D eigenvalue weighted by atomic mass is 10.1. The molecule has 1 heterocycles. The molecule has 0 spiro atoms. The number of nitrogens with zero attached hydrogens (tertiary/aromatic N) is 2. The maximum atomic E-state index is 11.6. The van der Waals surface area contributed by atoms with Gasteiger partial charge in [-0.25, -0.2) is 10.2 Å². The molecule has 1 aliphatic heterocycles. The summed E-state index contributed by atoms with van der Waals surface area (Å²) in [5.41, 5.74) is 9.53. The van der Waals surface area contributed by atoms with Gasteiger partial charge in [0.25, 0.3) is 0 Å². The van der Waals surface area contributed by atoms with Gasteiger partial charge in [-0.15, -0.1) is 0 Å². The number of hydrogen-bond acceptors (Lipinski definition) is 3. The number of nitrogens with two attached hydrogens (primary N) is 1. The molecule has 3 amide bonds. The Kier molecular flexibility index (Phi) is 3.79. The maximum Gasteiger partial charge on any atom is 0.332 e. The Bertz CT molecular complexity index is 522. The highest BCUT2D eigenvalue weighted by Gasteiger charge is 2.21. The van der Waals surface area contributed by atoms with Crippen LogP contribution >= 0.6 is 0 Å². The number of rotatable bonds is 3. The molecule has 0 aromatic heterocycles. The normalized spacial score (nSPS) is 15.7. The third-order valence-corrected chi connectivity index (χ3v) is 3.00. The molecule has 19 heavy (non-hydrogen) atoms. The van der Waals surface area contributed by atoms with Crippen molar-refractivity contribution in [2.45, 2.75) is 19.8 Å². The third kappa shape index (κ3) is 3.09. The van der Waals surface area contributed by atoms with Gasteiger partial charge in [-0.3, -0.25) is 4.79 Å². The summed E-state index contributed by atoms with van der Waals surface area (Å²) >= 11 is 0. The molecule has 0 radical (unpaired) electrons. The van der Waals surface area contributed by atoms with E-state index in [0.717, 1.165) is 24.2 Å². The van der Waals surface area contributed by atoms with Crippen LogP contribution in [0.5, 0.6) is 0 Å². The molecule has 2 rings (SSSR count). The van der Waals surface area contributed by atoms with Gasteiger partial charge < -0.3 is 10.6 Å². The molecule has 1 aliphatic rings. The van der Waals surface area contributed by atoms with E-state index in [9.17, 15) is 9.59 Å². The second kappa shape index (κ2) is 5.51. The zero-order valence-corrected chi connectivity index (χ0v) is 10.7. The molecule has 1 aromatic rings. The molecule has 1 fully saturated rings. The summed E-state index contributed by atoms with van der Waals surface area (Å²) in [7, 11) is 0. The molecule has 0 atom stereocenters. The zero-order chi connectivity index (χ0) is 13.8. The molecular weight excluding hydrogens is 244 g/mol. The summed E-state index contributed by atoms with van der Waals surface area (Å²) in [6.45, 7) is 2.54. The zero-order valence-electron chi connectivity index (χ0n) is 10.7. The molecule has 0 unspecified atom stereocenters. The Labute approximate surface area is 111 Å². The lowest BCUT2D eigenvalue weighted by molar-refractivity contribution is -0.117. The van der Waals surface area contributed by atoms with Crippen molar-refractivity contribution in [2.24, 2.45) is 10.8 Å². The van der Waals surface area contributed by atoms with Crippen LogP contribution in [0.15, 0.2) is 29.4 Å². The average Bonchev–Trinajstić information content (AvgIpc) is 2.82. The minimum atomic E-state index is -0.696. The molecule has 6 nitrogen and oxygen atoms in total. The van der Waals surface area contributed by atoms with Crippen LogP contribution < -0.4 is 16.1 Å². The number of nitrogens with one attached hydrogen (secondary N) is 1. The van der Waals surface area contributed by atoms with Crippen LogP contribution in [-0.2, 0) is 4.79 Å². The number of hydrogen-bond donors (Lipinski definition) is 2. The van der Waals surface area contributed by atoms with Crippen molar-refractivity contribution in [3.05, 3.63) is 29.8 Å². The van der Waals surface area contributed by atoms with Crippen molar-refractivity contribution in [1.29, 1.82) is 0 Å². The van der Waals surface area contributed by atoms with E-state index in [1.165, 1.54) is 0 Å². The topological polar surface area (TPSA) is 87.8 Å². The van der Waals surface area contributed by atoms with Crippen molar-refractivity contribution < 1.29 is 9.59 Å². The average molecular weight is 260 g/mol. The van der Waals surface area contributed by atoms with Gasteiger partial charge in [0.2, 0.25) is 5.91 Å². The number of urea groups is 1. The number of benzene rings is 1. The molecule has 100 valence electrons. The van der Waals surface area contributed by atoms with E-state index in [0.29, 0.717) is 12.1 Å². The summed E-state index contributed by atoms with van der Waals surface area (Å²) in [6, 6.07) is 6.79. The van der Waals surface area contributed by atoms with Gasteiger partial charge in [-0.2, -0.15) is 5.10 Å². The van der Waals surface area contributed by atoms with E-state index in [1.807, 2.05) is 24.3 Å². The van der Waals surface area contributed by atoms with E-state index >= 15 is 0 Å². The fraction of sp³-hybridized carbons (Fsp3) is 0.308. The molecule has 0 saturated carbocycles. The Balaban J connectivity index is 2.12. The summed E-state index contributed by atoms with van der Waals surface area (Å²) in [5.74, 6) is 0.161. The number of anilines is 1. The smallest absolute Gasteiger partial charge is 0.332 e. The SMILES string of the molecule is C/C(=N/NC(N)=O)c1ccc(N2CCCC2=O)cc1. The van der Waals surface area contributed by atoms with Crippen molar-refractivity contribution in [2.75, 3.05) is 11.4 Å². The molecule has 1 aromatic carbocycles. The maximum absolute atomic E-state index is 11.6.